The van der Waals surface area contributed by atoms with Gasteiger partial charge in [-0.25, -0.2) is 8.42 Å². The van der Waals surface area contributed by atoms with Gasteiger partial charge in [-0.2, -0.15) is 4.31 Å². The van der Waals surface area contributed by atoms with Crippen molar-refractivity contribution in [3.8, 4) is 0 Å². The Morgan fingerprint density at radius 1 is 1.17 bits per heavy atom. The lowest BCUT2D eigenvalue weighted by atomic mass is 10.2. The molecule has 0 amide bonds. The number of hydrogen-bond acceptors (Lipinski definition) is 3. The Bertz CT molecular complexity index is 545. The van der Waals surface area contributed by atoms with E-state index in [1.165, 1.54) is 17.3 Å². The Hall–Kier alpha value is -1.20. The lowest BCUT2D eigenvalue weighted by Gasteiger charge is -2.25. The van der Waals surface area contributed by atoms with E-state index in [0.717, 1.165) is 19.3 Å². The molecule has 1 aromatic carbocycles. The fourth-order valence-corrected chi connectivity index (χ4v) is 3.69. The summed E-state index contributed by atoms with van der Waals surface area (Å²) in [6.07, 6.45) is 2.90. The molecule has 18 heavy (non-hydrogen) atoms. The van der Waals surface area contributed by atoms with Gasteiger partial charge in [-0.1, -0.05) is 18.6 Å². The van der Waals surface area contributed by atoms with E-state index in [1.807, 2.05) is 0 Å². The predicted octanol–water partition coefficient (Wildman–Crippen LogP) is 2.06. The van der Waals surface area contributed by atoms with Gasteiger partial charge >= 0.3 is 0 Å². The third-order valence-electron chi connectivity index (χ3n) is 3.19. The first-order valence-corrected chi connectivity index (χ1v) is 7.57. The van der Waals surface area contributed by atoms with Crippen molar-refractivity contribution in [3.05, 3.63) is 29.8 Å². The van der Waals surface area contributed by atoms with Gasteiger partial charge in [0.1, 0.15) is 0 Å². The minimum absolute atomic E-state index is 0.120. The summed E-state index contributed by atoms with van der Waals surface area (Å²) in [7, 11) is -3.44. The highest BCUT2D eigenvalue weighted by atomic mass is 32.2. The zero-order chi connectivity index (χ0) is 13.2. The highest BCUT2D eigenvalue weighted by molar-refractivity contribution is 7.89. The first-order valence-electron chi connectivity index (χ1n) is 6.13. The molecular weight excluding hydrogens is 250 g/mol. The molecule has 2 rings (SSSR count). The van der Waals surface area contributed by atoms with E-state index in [2.05, 4.69) is 0 Å². The molecule has 1 aliphatic heterocycles. The molecule has 0 aliphatic carbocycles. The molecule has 0 saturated carbocycles. The molecule has 0 atom stereocenters. The van der Waals surface area contributed by atoms with Crippen molar-refractivity contribution in [3.63, 3.8) is 0 Å². The average molecular weight is 267 g/mol. The van der Waals surface area contributed by atoms with Crippen molar-refractivity contribution in [1.82, 2.24) is 4.31 Å². The predicted molar refractivity (Wildman–Crippen MR) is 69.1 cm³/mol. The number of piperidine rings is 1. The summed E-state index contributed by atoms with van der Waals surface area (Å²) in [5.41, 5.74) is 0.438. The number of rotatable bonds is 3. The number of carbonyl (C=O) groups is 1. The van der Waals surface area contributed by atoms with Crippen molar-refractivity contribution < 1.29 is 13.2 Å². The maximum atomic E-state index is 12.4. The fourth-order valence-electron chi connectivity index (χ4n) is 2.13. The summed E-state index contributed by atoms with van der Waals surface area (Å²) >= 11 is 0. The molecule has 4 nitrogen and oxygen atoms in total. The molecule has 1 heterocycles. The first-order chi connectivity index (χ1) is 8.51. The number of sulfonamides is 1. The third kappa shape index (κ3) is 2.62. The number of ketones is 1. The number of Topliss-reactive ketones (excluding diaryl/α,β-unsaturated/α-hetero) is 1. The van der Waals surface area contributed by atoms with Gasteiger partial charge in [-0.05, 0) is 31.9 Å². The van der Waals surface area contributed by atoms with E-state index in [1.54, 1.807) is 18.2 Å². The van der Waals surface area contributed by atoms with E-state index >= 15 is 0 Å². The number of benzene rings is 1. The second-order valence-electron chi connectivity index (χ2n) is 4.55. The van der Waals surface area contributed by atoms with Crippen LogP contribution in [0.1, 0.15) is 36.5 Å². The molecule has 5 heteroatoms. The molecule has 1 fully saturated rings. The fraction of sp³-hybridized carbons (Fsp3) is 0.462. The third-order valence-corrected chi connectivity index (χ3v) is 5.09. The molecule has 0 radical (unpaired) electrons. The lowest BCUT2D eigenvalue weighted by molar-refractivity contribution is 0.101. The van der Waals surface area contributed by atoms with Crippen LogP contribution in [0.4, 0.5) is 0 Å². The van der Waals surface area contributed by atoms with Crippen LogP contribution in [0.3, 0.4) is 0 Å². The Labute approximate surface area is 108 Å². The lowest BCUT2D eigenvalue weighted by Crippen LogP contribution is -2.35. The van der Waals surface area contributed by atoms with Gasteiger partial charge in [0, 0.05) is 18.7 Å². The maximum Gasteiger partial charge on any atom is 0.243 e. The molecule has 0 spiro atoms. The van der Waals surface area contributed by atoms with Crippen molar-refractivity contribution in [2.24, 2.45) is 0 Å². The standard InChI is InChI=1S/C13H17NO3S/c1-11(15)12-6-5-7-13(10-12)18(16,17)14-8-3-2-4-9-14/h5-7,10H,2-4,8-9H2,1H3. The second kappa shape index (κ2) is 5.20. The Morgan fingerprint density at radius 2 is 1.83 bits per heavy atom. The first kappa shape index (κ1) is 13.2. The summed E-state index contributed by atoms with van der Waals surface area (Å²) < 4.78 is 26.3. The number of nitrogens with zero attached hydrogens (tertiary/aromatic N) is 1. The van der Waals surface area contributed by atoms with Crippen LogP contribution in [-0.4, -0.2) is 31.6 Å². The van der Waals surface area contributed by atoms with Crippen molar-refractivity contribution in [2.75, 3.05) is 13.1 Å². The van der Waals surface area contributed by atoms with Gasteiger partial charge < -0.3 is 0 Å². The van der Waals surface area contributed by atoms with Gasteiger partial charge in [-0.3, -0.25) is 4.79 Å². The molecule has 0 aromatic heterocycles. The zero-order valence-electron chi connectivity index (χ0n) is 10.4. The van der Waals surface area contributed by atoms with Gasteiger partial charge in [0.2, 0.25) is 10.0 Å². The summed E-state index contributed by atoms with van der Waals surface area (Å²) in [5, 5.41) is 0. The van der Waals surface area contributed by atoms with Crippen molar-refractivity contribution in [1.29, 1.82) is 0 Å². The summed E-state index contributed by atoms with van der Waals surface area (Å²) in [6, 6.07) is 6.27. The van der Waals surface area contributed by atoms with Crippen LogP contribution < -0.4 is 0 Å². The van der Waals surface area contributed by atoms with Crippen LogP contribution in [0.5, 0.6) is 0 Å². The highest BCUT2D eigenvalue weighted by Crippen LogP contribution is 2.21. The van der Waals surface area contributed by atoms with Gasteiger partial charge in [0.25, 0.3) is 0 Å². The molecule has 1 aromatic rings. The summed E-state index contributed by atoms with van der Waals surface area (Å²) in [6.45, 7) is 2.59. The van der Waals surface area contributed by atoms with Crippen LogP contribution in [0.15, 0.2) is 29.2 Å². The largest absolute Gasteiger partial charge is 0.295 e. The Morgan fingerprint density at radius 3 is 2.44 bits per heavy atom. The molecule has 0 unspecified atom stereocenters. The van der Waals surface area contributed by atoms with E-state index < -0.39 is 10.0 Å². The molecule has 0 N–H and O–H groups in total. The topological polar surface area (TPSA) is 54.5 Å². The van der Waals surface area contributed by atoms with Crippen LogP contribution >= 0.6 is 0 Å². The molecule has 1 saturated heterocycles. The minimum Gasteiger partial charge on any atom is -0.295 e. The van der Waals surface area contributed by atoms with E-state index in [0.29, 0.717) is 18.7 Å². The zero-order valence-corrected chi connectivity index (χ0v) is 11.2. The smallest absolute Gasteiger partial charge is 0.243 e. The minimum atomic E-state index is -3.44. The van der Waals surface area contributed by atoms with Gasteiger partial charge in [-0.15, -0.1) is 0 Å². The van der Waals surface area contributed by atoms with Crippen LogP contribution in [0.2, 0.25) is 0 Å². The molecule has 1 aliphatic rings. The SMILES string of the molecule is CC(=O)c1cccc(S(=O)(=O)N2CCCCC2)c1. The molecule has 98 valence electrons. The summed E-state index contributed by atoms with van der Waals surface area (Å²) in [4.78, 5) is 11.5. The second-order valence-corrected chi connectivity index (χ2v) is 6.49. The van der Waals surface area contributed by atoms with E-state index in [9.17, 15) is 13.2 Å². The Kier molecular flexibility index (Phi) is 3.82. The van der Waals surface area contributed by atoms with E-state index in [-0.39, 0.29) is 10.7 Å². The van der Waals surface area contributed by atoms with E-state index in [4.69, 9.17) is 0 Å². The number of hydrogen-bond donors (Lipinski definition) is 0. The van der Waals surface area contributed by atoms with Crippen LogP contribution in [0, 0.1) is 0 Å². The monoisotopic (exact) mass is 267 g/mol. The summed E-state index contributed by atoms with van der Waals surface area (Å²) in [5.74, 6) is -0.120. The number of carbonyl (C=O) groups excluding carboxylic acids is 1. The Balaban J connectivity index is 2.34. The van der Waals surface area contributed by atoms with Gasteiger partial charge in [0.15, 0.2) is 5.78 Å². The average Bonchev–Trinajstić information content (AvgIpc) is 2.40. The molecule has 0 bridgehead atoms. The maximum absolute atomic E-state index is 12.4. The van der Waals surface area contributed by atoms with Crippen molar-refractivity contribution >= 4 is 15.8 Å². The van der Waals surface area contributed by atoms with Crippen molar-refractivity contribution in [2.45, 2.75) is 31.1 Å². The van der Waals surface area contributed by atoms with Crippen LogP contribution in [0.25, 0.3) is 0 Å². The normalized spacial score (nSPS) is 17.6. The quantitative estimate of drug-likeness (QED) is 0.788. The van der Waals surface area contributed by atoms with Crippen LogP contribution in [-0.2, 0) is 10.0 Å². The van der Waals surface area contributed by atoms with Gasteiger partial charge in [0.05, 0.1) is 4.90 Å². The highest BCUT2D eigenvalue weighted by Gasteiger charge is 2.26. The molecular formula is C13H17NO3S.